The number of anilines is 1. The summed E-state index contributed by atoms with van der Waals surface area (Å²) in [4.78, 5) is 35.5. The quantitative estimate of drug-likeness (QED) is 0.863. The Hall–Kier alpha value is -2.38. The van der Waals surface area contributed by atoms with Crippen LogP contribution in [0.2, 0.25) is 0 Å². The lowest BCUT2D eigenvalue weighted by atomic mass is 10.2. The zero-order valence-corrected chi connectivity index (χ0v) is 10.7. The molecule has 0 saturated carbocycles. The first-order valence-corrected chi connectivity index (χ1v) is 6.09. The molecule has 1 aromatic carbocycles. The SMILES string of the molecule is O=C(NCC(F)(F)F)c1ccc(N2C(=O)CCC2=O)cc1. The number of benzene rings is 1. The second-order valence-corrected chi connectivity index (χ2v) is 4.47. The molecule has 1 aromatic rings. The average Bonchev–Trinajstić information content (AvgIpc) is 2.75. The topological polar surface area (TPSA) is 66.5 Å². The molecule has 0 radical (unpaired) electrons. The van der Waals surface area contributed by atoms with Gasteiger partial charge in [0.25, 0.3) is 5.91 Å². The Kier molecular flexibility index (Phi) is 3.97. The summed E-state index contributed by atoms with van der Waals surface area (Å²) in [6.07, 6.45) is -4.22. The number of nitrogens with zero attached hydrogens (tertiary/aromatic N) is 1. The molecule has 8 heteroatoms. The Morgan fingerprint density at radius 2 is 1.62 bits per heavy atom. The maximum absolute atomic E-state index is 12.0. The van der Waals surface area contributed by atoms with Crippen molar-refractivity contribution in [3.63, 3.8) is 0 Å². The second-order valence-electron chi connectivity index (χ2n) is 4.47. The molecule has 0 atom stereocenters. The minimum Gasteiger partial charge on any atom is -0.343 e. The highest BCUT2D eigenvalue weighted by atomic mass is 19.4. The summed E-state index contributed by atoms with van der Waals surface area (Å²) in [5.41, 5.74) is 0.317. The van der Waals surface area contributed by atoms with Crippen LogP contribution in [0.15, 0.2) is 24.3 Å². The summed E-state index contributed by atoms with van der Waals surface area (Å²) in [6.45, 7) is -1.42. The van der Waals surface area contributed by atoms with Crippen LogP contribution < -0.4 is 10.2 Å². The monoisotopic (exact) mass is 300 g/mol. The molecule has 0 aromatic heterocycles. The summed E-state index contributed by atoms with van der Waals surface area (Å²) in [7, 11) is 0. The van der Waals surface area contributed by atoms with E-state index in [-0.39, 0.29) is 30.2 Å². The van der Waals surface area contributed by atoms with E-state index in [0.717, 1.165) is 4.90 Å². The summed E-state index contributed by atoms with van der Waals surface area (Å²) in [5, 5.41) is 1.73. The first-order valence-electron chi connectivity index (χ1n) is 6.09. The molecule has 0 spiro atoms. The fourth-order valence-corrected chi connectivity index (χ4v) is 1.91. The number of imide groups is 1. The molecule has 5 nitrogen and oxygen atoms in total. The highest BCUT2D eigenvalue weighted by Gasteiger charge is 2.30. The van der Waals surface area contributed by atoms with Crippen molar-refractivity contribution in [3.8, 4) is 0 Å². The van der Waals surface area contributed by atoms with Crippen molar-refractivity contribution in [2.75, 3.05) is 11.4 Å². The zero-order valence-electron chi connectivity index (χ0n) is 10.7. The van der Waals surface area contributed by atoms with Crippen molar-refractivity contribution in [1.29, 1.82) is 0 Å². The zero-order chi connectivity index (χ0) is 15.6. The van der Waals surface area contributed by atoms with E-state index in [1.807, 2.05) is 0 Å². The Bertz CT molecular complexity index is 565. The molecule has 1 fully saturated rings. The van der Waals surface area contributed by atoms with Gasteiger partial charge >= 0.3 is 6.18 Å². The van der Waals surface area contributed by atoms with Gasteiger partial charge in [-0.05, 0) is 24.3 Å². The van der Waals surface area contributed by atoms with Crippen LogP contribution in [0, 0.1) is 0 Å². The fraction of sp³-hybridized carbons (Fsp3) is 0.308. The van der Waals surface area contributed by atoms with Crippen molar-refractivity contribution < 1.29 is 27.6 Å². The van der Waals surface area contributed by atoms with Crippen molar-refractivity contribution in [3.05, 3.63) is 29.8 Å². The van der Waals surface area contributed by atoms with E-state index < -0.39 is 18.6 Å². The molecule has 1 N–H and O–H groups in total. The third kappa shape index (κ3) is 3.59. The maximum Gasteiger partial charge on any atom is 0.405 e. The summed E-state index contributed by atoms with van der Waals surface area (Å²) >= 11 is 0. The normalized spacial score (nSPS) is 15.5. The van der Waals surface area contributed by atoms with Crippen molar-refractivity contribution in [1.82, 2.24) is 5.32 Å². The maximum atomic E-state index is 12.0. The van der Waals surface area contributed by atoms with Gasteiger partial charge < -0.3 is 5.32 Å². The number of halogens is 3. The van der Waals surface area contributed by atoms with Crippen molar-refractivity contribution >= 4 is 23.4 Å². The molecule has 1 heterocycles. The highest BCUT2D eigenvalue weighted by molar-refractivity contribution is 6.19. The standard InChI is InChI=1S/C13H11F3N2O3/c14-13(15,16)7-17-12(21)8-1-3-9(4-2-8)18-10(19)5-6-11(18)20/h1-4H,5-7H2,(H,17,21). The molecule has 1 saturated heterocycles. The fourth-order valence-electron chi connectivity index (χ4n) is 1.91. The van der Waals surface area contributed by atoms with Crippen LogP contribution in [0.25, 0.3) is 0 Å². The Morgan fingerprint density at radius 1 is 1.10 bits per heavy atom. The molecule has 1 aliphatic rings. The number of carbonyl (C=O) groups excluding carboxylic acids is 3. The molecule has 0 aliphatic carbocycles. The molecule has 0 unspecified atom stereocenters. The van der Waals surface area contributed by atoms with Gasteiger partial charge in [0.1, 0.15) is 6.54 Å². The summed E-state index contributed by atoms with van der Waals surface area (Å²) < 4.78 is 36.0. The molecular formula is C13H11F3N2O3. The van der Waals surface area contributed by atoms with E-state index in [1.165, 1.54) is 24.3 Å². The molecule has 3 amide bonds. The van der Waals surface area contributed by atoms with E-state index in [4.69, 9.17) is 0 Å². The number of amides is 3. The third-order valence-electron chi connectivity index (χ3n) is 2.89. The smallest absolute Gasteiger partial charge is 0.343 e. The van der Waals surface area contributed by atoms with Gasteiger partial charge in [0.2, 0.25) is 11.8 Å². The lowest BCUT2D eigenvalue weighted by Crippen LogP contribution is -2.33. The van der Waals surface area contributed by atoms with E-state index in [1.54, 1.807) is 5.32 Å². The van der Waals surface area contributed by atoms with Crippen LogP contribution in [-0.2, 0) is 9.59 Å². The van der Waals surface area contributed by atoms with E-state index in [0.29, 0.717) is 5.69 Å². The van der Waals surface area contributed by atoms with E-state index in [9.17, 15) is 27.6 Å². The van der Waals surface area contributed by atoms with Crippen molar-refractivity contribution in [2.45, 2.75) is 19.0 Å². The van der Waals surface area contributed by atoms with Crippen LogP contribution in [0.3, 0.4) is 0 Å². The Labute approximate surface area is 117 Å². The molecule has 2 rings (SSSR count). The molecule has 21 heavy (non-hydrogen) atoms. The number of hydrogen-bond acceptors (Lipinski definition) is 3. The van der Waals surface area contributed by atoms with Crippen LogP contribution in [0.1, 0.15) is 23.2 Å². The van der Waals surface area contributed by atoms with E-state index in [2.05, 4.69) is 0 Å². The van der Waals surface area contributed by atoms with Crippen LogP contribution >= 0.6 is 0 Å². The minimum atomic E-state index is -4.48. The van der Waals surface area contributed by atoms with Gasteiger partial charge in [0.15, 0.2) is 0 Å². The van der Waals surface area contributed by atoms with Crippen molar-refractivity contribution in [2.24, 2.45) is 0 Å². The van der Waals surface area contributed by atoms with Gasteiger partial charge in [0, 0.05) is 18.4 Å². The van der Waals surface area contributed by atoms with E-state index >= 15 is 0 Å². The minimum absolute atomic E-state index is 0.0158. The van der Waals surface area contributed by atoms with Gasteiger partial charge in [-0.2, -0.15) is 13.2 Å². The van der Waals surface area contributed by atoms with Gasteiger partial charge in [-0.15, -0.1) is 0 Å². The number of hydrogen-bond donors (Lipinski definition) is 1. The highest BCUT2D eigenvalue weighted by Crippen LogP contribution is 2.22. The predicted molar refractivity (Wildman–Crippen MR) is 66.6 cm³/mol. The number of alkyl halides is 3. The Morgan fingerprint density at radius 3 is 2.10 bits per heavy atom. The Balaban J connectivity index is 2.07. The molecule has 1 aliphatic heterocycles. The summed E-state index contributed by atoms with van der Waals surface area (Å²) in [6, 6.07) is 5.23. The lowest BCUT2D eigenvalue weighted by Gasteiger charge is -2.14. The first kappa shape index (κ1) is 15.0. The van der Waals surface area contributed by atoms with Crippen LogP contribution in [0.5, 0.6) is 0 Å². The second kappa shape index (κ2) is 5.55. The first-order chi connectivity index (χ1) is 9.78. The van der Waals surface area contributed by atoms with Crippen LogP contribution in [-0.4, -0.2) is 30.4 Å². The van der Waals surface area contributed by atoms with Gasteiger partial charge in [-0.3, -0.25) is 19.3 Å². The van der Waals surface area contributed by atoms with Gasteiger partial charge in [0.05, 0.1) is 5.69 Å². The van der Waals surface area contributed by atoms with Gasteiger partial charge in [-0.25, -0.2) is 0 Å². The number of rotatable bonds is 3. The summed E-state index contributed by atoms with van der Waals surface area (Å²) in [5.74, 6) is -1.55. The number of carbonyl (C=O) groups is 3. The largest absolute Gasteiger partial charge is 0.405 e. The predicted octanol–water partition coefficient (Wildman–Crippen LogP) is 1.63. The number of nitrogens with one attached hydrogen (secondary N) is 1. The van der Waals surface area contributed by atoms with Gasteiger partial charge in [-0.1, -0.05) is 0 Å². The van der Waals surface area contributed by atoms with Crippen LogP contribution in [0.4, 0.5) is 18.9 Å². The average molecular weight is 300 g/mol. The third-order valence-corrected chi connectivity index (χ3v) is 2.89. The molecule has 0 bridgehead atoms. The molecular weight excluding hydrogens is 289 g/mol. The lowest BCUT2D eigenvalue weighted by molar-refractivity contribution is -0.123. The molecule has 112 valence electrons.